The zero-order valence-corrected chi connectivity index (χ0v) is 16.3. The Bertz CT molecular complexity index is 759. The van der Waals surface area contributed by atoms with Crippen LogP contribution < -0.4 is 0 Å². The van der Waals surface area contributed by atoms with Crippen LogP contribution in [0.15, 0.2) is 35.1 Å². The molecule has 1 saturated carbocycles. The van der Waals surface area contributed by atoms with Crippen LogP contribution in [-0.2, 0) is 14.3 Å². The summed E-state index contributed by atoms with van der Waals surface area (Å²) in [6.45, 7) is 4.84. The fraction of sp³-hybridized carbons (Fsp3) is 0.696. The normalized spacial score (nSPS) is 46.6. The van der Waals surface area contributed by atoms with Crippen molar-refractivity contribution in [1.29, 1.82) is 0 Å². The minimum atomic E-state index is -0.197. The summed E-state index contributed by atoms with van der Waals surface area (Å²) < 4.78 is 11.5. The molecule has 1 aliphatic heterocycles. The summed E-state index contributed by atoms with van der Waals surface area (Å²) in [5.74, 6) is 2.38. The lowest BCUT2D eigenvalue weighted by molar-refractivity contribution is -0.160. The molecule has 0 radical (unpaired) electrons. The van der Waals surface area contributed by atoms with Crippen molar-refractivity contribution < 1.29 is 14.3 Å². The van der Waals surface area contributed by atoms with Crippen molar-refractivity contribution in [2.24, 2.45) is 22.7 Å². The van der Waals surface area contributed by atoms with Crippen molar-refractivity contribution in [3.8, 4) is 0 Å². The van der Waals surface area contributed by atoms with Crippen LogP contribution in [0.3, 0.4) is 0 Å². The fourth-order valence-electron chi connectivity index (χ4n) is 7.06. The number of esters is 1. The molecule has 0 N–H and O–H groups in total. The summed E-state index contributed by atoms with van der Waals surface area (Å²) >= 11 is 0. The van der Waals surface area contributed by atoms with Gasteiger partial charge in [0.2, 0.25) is 0 Å². The summed E-state index contributed by atoms with van der Waals surface area (Å²) in [4.78, 5) is 11.9. The lowest BCUT2D eigenvalue weighted by atomic mass is 9.52. The van der Waals surface area contributed by atoms with Gasteiger partial charge in [0, 0.05) is 23.7 Å². The van der Waals surface area contributed by atoms with E-state index in [4.69, 9.17) is 9.47 Å². The highest BCUT2D eigenvalue weighted by Gasteiger charge is 2.65. The van der Waals surface area contributed by atoms with Crippen LogP contribution in [0, 0.1) is 22.7 Å². The van der Waals surface area contributed by atoms with Gasteiger partial charge in [-0.1, -0.05) is 31.6 Å². The third kappa shape index (κ3) is 1.92. The number of allylic oxidation sites excluding steroid dienone is 6. The molecule has 26 heavy (non-hydrogen) atoms. The molecule has 0 aromatic rings. The Morgan fingerprint density at radius 1 is 1.15 bits per heavy atom. The highest BCUT2D eigenvalue weighted by Crippen LogP contribution is 2.67. The zero-order chi connectivity index (χ0) is 18.2. The van der Waals surface area contributed by atoms with Crippen LogP contribution in [0.4, 0.5) is 0 Å². The van der Waals surface area contributed by atoms with E-state index in [1.807, 2.05) is 0 Å². The van der Waals surface area contributed by atoms with Crippen molar-refractivity contribution in [2.45, 2.75) is 70.8 Å². The SMILES string of the molecule is COC1=CC2=CCC3C(=CC[C@@]4(C)C3CC[C@]43CCC(=O)O3)[C@@]2(C)CC1. The van der Waals surface area contributed by atoms with E-state index in [1.54, 1.807) is 12.7 Å². The molecule has 2 unspecified atom stereocenters. The van der Waals surface area contributed by atoms with E-state index < -0.39 is 0 Å². The average Bonchev–Trinajstić information content (AvgIpc) is 3.15. The smallest absolute Gasteiger partial charge is 0.306 e. The predicted molar refractivity (Wildman–Crippen MR) is 100 cm³/mol. The highest BCUT2D eigenvalue weighted by molar-refractivity contribution is 5.72. The zero-order valence-electron chi connectivity index (χ0n) is 16.3. The lowest BCUT2D eigenvalue weighted by Crippen LogP contribution is -2.50. The van der Waals surface area contributed by atoms with Gasteiger partial charge in [-0.15, -0.1) is 0 Å². The van der Waals surface area contributed by atoms with Crippen LogP contribution >= 0.6 is 0 Å². The molecule has 0 aromatic heterocycles. The van der Waals surface area contributed by atoms with Crippen molar-refractivity contribution in [3.05, 3.63) is 35.1 Å². The maximum absolute atomic E-state index is 11.9. The number of hydrogen-bond acceptors (Lipinski definition) is 3. The molecule has 5 aliphatic rings. The summed E-state index contributed by atoms with van der Waals surface area (Å²) in [6, 6.07) is 0. The quantitative estimate of drug-likeness (QED) is 0.486. The van der Waals surface area contributed by atoms with E-state index in [9.17, 15) is 4.79 Å². The molecule has 0 bridgehead atoms. The number of ether oxygens (including phenoxy) is 2. The first kappa shape index (κ1) is 16.6. The van der Waals surface area contributed by atoms with Crippen molar-refractivity contribution in [3.63, 3.8) is 0 Å². The molecule has 4 aliphatic carbocycles. The Hall–Kier alpha value is -1.51. The van der Waals surface area contributed by atoms with E-state index in [0.717, 1.165) is 44.3 Å². The maximum atomic E-state index is 11.9. The van der Waals surface area contributed by atoms with Crippen molar-refractivity contribution in [2.75, 3.05) is 7.11 Å². The summed E-state index contributed by atoms with van der Waals surface area (Å²) in [6.07, 6.45) is 15.4. The van der Waals surface area contributed by atoms with E-state index >= 15 is 0 Å². The van der Waals surface area contributed by atoms with Gasteiger partial charge in [0.15, 0.2) is 0 Å². The Balaban J connectivity index is 1.53. The number of fused-ring (bicyclic) bond motifs is 6. The van der Waals surface area contributed by atoms with Gasteiger partial charge < -0.3 is 9.47 Å². The first-order valence-electron chi connectivity index (χ1n) is 10.3. The molecule has 140 valence electrons. The standard InChI is InChI=1S/C23H30O3/c1-21-10-6-16(25-3)14-15(21)4-5-17-18(21)7-11-22(2)19(17)8-12-23(22)13-9-20(24)26-23/h4,7,14,17,19H,5-6,8-13H2,1-3H3/t17?,19?,21-,22-,23-/m0/s1. The highest BCUT2D eigenvalue weighted by atomic mass is 16.6. The van der Waals surface area contributed by atoms with E-state index in [0.29, 0.717) is 18.3 Å². The summed E-state index contributed by atoms with van der Waals surface area (Å²) in [7, 11) is 1.78. The second-order valence-electron chi connectivity index (χ2n) is 9.54. The molecule has 1 heterocycles. The van der Waals surface area contributed by atoms with Gasteiger partial charge in [0.25, 0.3) is 0 Å². The van der Waals surface area contributed by atoms with Gasteiger partial charge in [-0.05, 0) is 62.0 Å². The Kier molecular flexibility index (Phi) is 3.37. The van der Waals surface area contributed by atoms with E-state index in [1.165, 1.54) is 12.0 Å². The number of carbonyl (C=O) groups is 1. The lowest BCUT2D eigenvalue weighted by Gasteiger charge is -2.53. The molecule has 3 nitrogen and oxygen atoms in total. The number of hydrogen-bond donors (Lipinski definition) is 0. The van der Waals surface area contributed by atoms with E-state index in [2.05, 4.69) is 32.1 Å². The average molecular weight is 354 g/mol. The molecular weight excluding hydrogens is 324 g/mol. The van der Waals surface area contributed by atoms with Gasteiger partial charge in [-0.3, -0.25) is 4.79 Å². The third-order valence-electron chi connectivity index (χ3n) is 8.71. The second-order valence-corrected chi connectivity index (χ2v) is 9.54. The minimum Gasteiger partial charge on any atom is -0.501 e. The van der Waals surface area contributed by atoms with Crippen LogP contribution in [0.1, 0.15) is 65.2 Å². The van der Waals surface area contributed by atoms with Gasteiger partial charge in [-0.25, -0.2) is 0 Å². The van der Waals surface area contributed by atoms with E-state index in [-0.39, 0.29) is 22.4 Å². The van der Waals surface area contributed by atoms with Gasteiger partial charge >= 0.3 is 5.97 Å². The Morgan fingerprint density at radius 2 is 2.00 bits per heavy atom. The monoisotopic (exact) mass is 354 g/mol. The van der Waals surface area contributed by atoms with Gasteiger partial charge in [0.05, 0.1) is 12.9 Å². The molecular formula is C23H30O3. The summed E-state index contributed by atoms with van der Waals surface area (Å²) in [5, 5.41) is 0. The number of rotatable bonds is 1. The predicted octanol–water partition coefficient (Wildman–Crippen LogP) is 5.09. The number of carbonyl (C=O) groups excluding carboxylic acids is 1. The molecule has 5 atom stereocenters. The molecule has 5 rings (SSSR count). The molecule has 3 heteroatoms. The fourth-order valence-corrected chi connectivity index (χ4v) is 7.06. The van der Waals surface area contributed by atoms with Crippen molar-refractivity contribution in [1.82, 2.24) is 0 Å². The first-order valence-corrected chi connectivity index (χ1v) is 10.3. The van der Waals surface area contributed by atoms with Crippen LogP contribution in [0.25, 0.3) is 0 Å². The Morgan fingerprint density at radius 3 is 2.73 bits per heavy atom. The second kappa shape index (κ2) is 5.27. The van der Waals surface area contributed by atoms with Crippen LogP contribution in [0.5, 0.6) is 0 Å². The molecule has 1 saturated heterocycles. The van der Waals surface area contributed by atoms with Gasteiger partial charge in [-0.2, -0.15) is 0 Å². The van der Waals surface area contributed by atoms with Crippen LogP contribution in [-0.4, -0.2) is 18.7 Å². The largest absolute Gasteiger partial charge is 0.501 e. The maximum Gasteiger partial charge on any atom is 0.306 e. The summed E-state index contributed by atoms with van der Waals surface area (Å²) in [5.41, 5.74) is 3.18. The molecule has 2 fully saturated rings. The topological polar surface area (TPSA) is 35.5 Å². The minimum absolute atomic E-state index is 0.0175. The third-order valence-corrected chi connectivity index (χ3v) is 8.71. The molecule has 0 aromatic carbocycles. The van der Waals surface area contributed by atoms with Crippen LogP contribution in [0.2, 0.25) is 0 Å². The van der Waals surface area contributed by atoms with Gasteiger partial charge in [0.1, 0.15) is 5.60 Å². The molecule has 0 amide bonds. The van der Waals surface area contributed by atoms with Crippen molar-refractivity contribution >= 4 is 5.97 Å². The first-order chi connectivity index (χ1) is 12.4. The number of methoxy groups -OCH3 is 1. The molecule has 1 spiro atoms. The Labute approximate surface area is 156 Å².